The second kappa shape index (κ2) is 6.08. The lowest BCUT2D eigenvalue weighted by atomic mass is 9.94. The molecule has 0 amide bonds. The summed E-state index contributed by atoms with van der Waals surface area (Å²) in [4.78, 5) is 10.3. The van der Waals surface area contributed by atoms with Crippen LogP contribution in [-0.4, -0.2) is 14.7 Å². The molecule has 1 aromatic carbocycles. The van der Waals surface area contributed by atoms with Crippen molar-refractivity contribution < 1.29 is 4.92 Å². The number of hydrogen-bond acceptors (Lipinski definition) is 3. The van der Waals surface area contributed by atoms with Gasteiger partial charge in [0.15, 0.2) is 0 Å². The molecule has 0 saturated heterocycles. The predicted molar refractivity (Wildman–Crippen MR) is 80.7 cm³/mol. The van der Waals surface area contributed by atoms with E-state index in [9.17, 15) is 10.1 Å². The van der Waals surface area contributed by atoms with Crippen LogP contribution in [0.5, 0.6) is 0 Å². The van der Waals surface area contributed by atoms with Crippen molar-refractivity contribution in [1.82, 2.24) is 9.78 Å². The van der Waals surface area contributed by atoms with Crippen LogP contribution in [0.15, 0.2) is 36.7 Å². The molecule has 0 aliphatic heterocycles. The average molecular weight is 285 g/mol. The Morgan fingerprint density at radius 3 is 2.38 bits per heavy atom. The number of benzene rings is 1. The van der Waals surface area contributed by atoms with Crippen molar-refractivity contribution in [3.8, 4) is 5.69 Å². The molecule has 1 saturated carbocycles. The maximum Gasteiger partial charge on any atom is 0.269 e. The first-order valence-corrected chi connectivity index (χ1v) is 7.53. The molecule has 2 aromatic rings. The fourth-order valence-corrected chi connectivity index (χ4v) is 3.03. The SMILES string of the molecule is O=[N+]([O-])c1ccc(-n2cc(C3CCCCCC3)cn2)cc1. The molecule has 110 valence electrons. The van der Waals surface area contributed by atoms with Crippen LogP contribution in [0.3, 0.4) is 0 Å². The molecule has 21 heavy (non-hydrogen) atoms. The first-order valence-electron chi connectivity index (χ1n) is 7.53. The van der Waals surface area contributed by atoms with Gasteiger partial charge in [-0.2, -0.15) is 5.10 Å². The quantitative estimate of drug-likeness (QED) is 0.482. The van der Waals surface area contributed by atoms with Crippen molar-refractivity contribution >= 4 is 5.69 Å². The van der Waals surface area contributed by atoms with Crippen molar-refractivity contribution in [3.63, 3.8) is 0 Å². The van der Waals surface area contributed by atoms with Crippen LogP contribution in [0.1, 0.15) is 50.0 Å². The minimum absolute atomic E-state index is 0.106. The zero-order valence-corrected chi connectivity index (χ0v) is 11.9. The third-order valence-electron chi connectivity index (χ3n) is 4.25. The number of hydrogen-bond donors (Lipinski definition) is 0. The van der Waals surface area contributed by atoms with Gasteiger partial charge in [0.05, 0.1) is 16.8 Å². The van der Waals surface area contributed by atoms with Crippen LogP contribution in [0.25, 0.3) is 5.69 Å². The predicted octanol–water partition coefficient (Wildman–Crippen LogP) is 4.22. The van der Waals surface area contributed by atoms with E-state index in [1.165, 1.54) is 56.2 Å². The lowest BCUT2D eigenvalue weighted by Gasteiger charge is -2.10. The van der Waals surface area contributed by atoms with Crippen LogP contribution in [0.2, 0.25) is 0 Å². The summed E-state index contributed by atoms with van der Waals surface area (Å²) in [5, 5.41) is 15.1. The molecule has 0 N–H and O–H groups in total. The first-order chi connectivity index (χ1) is 10.2. The highest BCUT2D eigenvalue weighted by atomic mass is 16.6. The lowest BCUT2D eigenvalue weighted by Crippen LogP contribution is -1.97. The van der Waals surface area contributed by atoms with Gasteiger partial charge >= 0.3 is 0 Å². The minimum atomic E-state index is -0.385. The fourth-order valence-electron chi connectivity index (χ4n) is 3.03. The van der Waals surface area contributed by atoms with E-state index in [4.69, 9.17) is 0 Å². The number of nitrogens with zero attached hydrogens (tertiary/aromatic N) is 3. The van der Waals surface area contributed by atoms with Gasteiger partial charge in [-0.05, 0) is 36.5 Å². The van der Waals surface area contributed by atoms with Crippen LogP contribution >= 0.6 is 0 Å². The molecule has 0 radical (unpaired) electrons. The molecule has 1 aromatic heterocycles. The molecular weight excluding hydrogens is 266 g/mol. The van der Waals surface area contributed by atoms with Crippen molar-refractivity contribution in [3.05, 3.63) is 52.3 Å². The minimum Gasteiger partial charge on any atom is -0.258 e. The molecule has 0 atom stereocenters. The summed E-state index contributed by atoms with van der Waals surface area (Å²) in [7, 11) is 0. The number of non-ortho nitro benzene ring substituents is 1. The van der Waals surface area contributed by atoms with E-state index in [1.807, 2.05) is 10.9 Å². The molecule has 1 aliphatic carbocycles. The Balaban J connectivity index is 1.79. The lowest BCUT2D eigenvalue weighted by molar-refractivity contribution is -0.384. The maximum atomic E-state index is 10.7. The summed E-state index contributed by atoms with van der Waals surface area (Å²) in [6, 6.07) is 6.51. The molecule has 1 fully saturated rings. The highest BCUT2D eigenvalue weighted by Crippen LogP contribution is 2.31. The van der Waals surface area contributed by atoms with Gasteiger partial charge in [0, 0.05) is 18.3 Å². The van der Waals surface area contributed by atoms with E-state index in [0.717, 1.165) is 5.69 Å². The molecule has 1 heterocycles. The van der Waals surface area contributed by atoms with Gasteiger partial charge in [-0.3, -0.25) is 10.1 Å². The number of aromatic nitrogens is 2. The van der Waals surface area contributed by atoms with E-state index in [-0.39, 0.29) is 10.6 Å². The van der Waals surface area contributed by atoms with E-state index >= 15 is 0 Å². The Labute approximate surface area is 123 Å². The van der Waals surface area contributed by atoms with Gasteiger partial charge < -0.3 is 0 Å². The first kappa shape index (κ1) is 13.8. The fraction of sp³-hybridized carbons (Fsp3) is 0.438. The Morgan fingerprint density at radius 1 is 1.10 bits per heavy atom. The second-order valence-electron chi connectivity index (χ2n) is 5.68. The third kappa shape index (κ3) is 3.12. The van der Waals surface area contributed by atoms with Gasteiger partial charge in [0.2, 0.25) is 0 Å². The van der Waals surface area contributed by atoms with Gasteiger partial charge in [-0.1, -0.05) is 25.7 Å². The zero-order chi connectivity index (χ0) is 14.7. The molecule has 1 aliphatic rings. The average Bonchev–Trinajstić information content (AvgIpc) is 2.83. The second-order valence-corrected chi connectivity index (χ2v) is 5.68. The Hall–Kier alpha value is -2.17. The van der Waals surface area contributed by atoms with Crippen molar-refractivity contribution in [2.45, 2.75) is 44.4 Å². The van der Waals surface area contributed by atoms with E-state index in [1.54, 1.807) is 12.1 Å². The summed E-state index contributed by atoms with van der Waals surface area (Å²) < 4.78 is 1.81. The molecule has 5 nitrogen and oxygen atoms in total. The Morgan fingerprint density at radius 2 is 1.76 bits per heavy atom. The third-order valence-corrected chi connectivity index (χ3v) is 4.25. The summed E-state index contributed by atoms with van der Waals surface area (Å²) in [6.45, 7) is 0. The number of rotatable bonds is 3. The molecule has 0 unspecified atom stereocenters. The normalized spacial score (nSPS) is 16.6. The van der Waals surface area contributed by atoms with Crippen molar-refractivity contribution in [2.75, 3.05) is 0 Å². The van der Waals surface area contributed by atoms with Crippen molar-refractivity contribution in [2.24, 2.45) is 0 Å². The van der Waals surface area contributed by atoms with Gasteiger partial charge in [-0.25, -0.2) is 4.68 Å². The highest BCUT2D eigenvalue weighted by Gasteiger charge is 2.16. The molecule has 0 spiro atoms. The van der Waals surface area contributed by atoms with E-state index in [2.05, 4.69) is 11.3 Å². The van der Waals surface area contributed by atoms with Crippen LogP contribution in [-0.2, 0) is 0 Å². The van der Waals surface area contributed by atoms with Crippen LogP contribution in [0.4, 0.5) is 5.69 Å². The largest absolute Gasteiger partial charge is 0.269 e. The van der Waals surface area contributed by atoms with Gasteiger partial charge in [-0.15, -0.1) is 0 Å². The van der Waals surface area contributed by atoms with Crippen LogP contribution < -0.4 is 0 Å². The van der Waals surface area contributed by atoms with E-state index < -0.39 is 0 Å². The molecule has 5 heteroatoms. The molecule has 3 rings (SSSR count). The van der Waals surface area contributed by atoms with Crippen molar-refractivity contribution in [1.29, 1.82) is 0 Å². The smallest absolute Gasteiger partial charge is 0.258 e. The zero-order valence-electron chi connectivity index (χ0n) is 11.9. The topological polar surface area (TPSA) is 61.0 Å². The standard InChI is InChI=1S/C16H19N3O2/c20-19(21)16-9-7-15(8-10-16)18-12-14(11-17-18)13-5-3-1-2-4-6-13/h7-13H,1-6H2. The molecule has 0 bridgehead atoms. The van der Waals surface area contributed by atoms with Gasteiger partial charge in [0.25, 0.3) is 5.69 Å². The summed E-state index contributed by atoms with van der Waals surface area (Å²) in [5.41, 5.74) is 2.26. The highest BCUT2D eigenvalue weighted by molar-refractivity contribution is 5.40. The monoisotopic (exact) mass is 285 g/mol. The number of nitro groups is 1. The maximum absolute atomic E-state index is 10.7. The Bertz CT molecular complexity index is 611. The van der Waals surface area contributed by atoms with E-state index in [0.29, 0.717) is 5.92 Å². The number of nitro benzene ring substituents is 1. The van der Waals surface area contributed by atoms with Gasteiger partial charge in [0.1, 0.15) is 0 Å². The Kier molecular flexibility index (Phi) is 3.99. The summed E-state index contributed by atoms with van der Waals surface area (Å²) in [5.74, 6) is 0.610. The van der Waals surface area contributed by atoms with Crippen LogP contribution in [0, 0.1) is 10.1 Å². The summed E-state index contributed by atoms with van der Waals surface area (Å²) >= 11 is 0. The summed E-state index contributed by atoms with van der Waals surface area (Å²) in [6.07, 6.45) is 11.8. The molecular formula is C16H19N3O2.